The number of hydrogen-bond donors (Lipinski definition) is 2. The Bertz CT molecular complexity index is 652. The van der Waals surface area contributed by atoms with E-state index in [1.165, 1.54) is 0 Å². The van der Waals surface area contributed by atoms with Gasteiger partial charge in [-0.05, 0) is 45.0 Å². The van der Waals surface area contributed by atoms with Gasteiger partial charge in [0.1, 0.15) is 5.60 Å². The van der Waals surface area contributed by atoms with E-state index in [2.05, 4.69) is 14.7 Å². The summed E-state index contributed by atoms with van der Waals surface area (Å²) >= 11 is 0.870. The predicted molar refractivity (Wildman–Crippen MR) is 78.0 cm³/mol. The van der Waals surface area contributed by atoms with E-state index >= 15 is 0 Å². The molecule has 1 aromatic carbocycles. The van der Waals surface area contributed by atoms with Gasteiger partial charge in [-0.15, -0.1) is 0 Å². The Hall–Kier alpha value is -2.15. The molecular weight excluding hydrogens is 278 g/mol. The summed E-state index contributed by atoms with van der Waals surface area (Å²) in [6, 6.07) is 6.96. The van der Waals surface area contributed by atoms with Gasteiger partial charge in [0.05, 0.1) is 0 Å². The van der Waals surface area contributed by atoms with Gasteiger partial charge in [0.2, 0.25) is 0 Å². The molecule has 2 aromatic rings. The molecule has 1 amide bonds. The van der Waals surface area contributed by atoms with Crippen molar-refractivity contribution in [3.8, 4) is 11.4 Å². The molecule has 0 aliphatic rings. The molecule has 20 heavy (non-hydrogen) atoms. The minimum atomic E-state index is -0.538. The van der Waals surface area contributed by atoms with Gasteiger partial charge in [-0.1, -0.05) is 0 Å². The summed E-state index contributed by atoms with van der Waals surface area (Å²) < 4.78 is 9.14. The number of rotatable bonds is 2. The van der Waals surface area contributed by atoms with Crippen molar-refractivity contribution in [2.45, 2.75) is 26.4 Å². The molecule has 2 rings (SSSR count). The summed E-state index contributed by atoms with van der Waals surface area (Å²) in [6.45, 7) is 5.40. The summed E-state index contributed by atoms with van der Waals surface area (Å²) in [5.74, 6) is 0.517. The number of benzene rings is 1. The van der Waals surface area contributed by atoms with Crippen LogP contribution in [0.5, 0.6) is 0 Å². The van der Waals surface area contributed by atoms with Gasteiger partial charge in [0, 0.05) is 22.8 Å². The zero-order chi connectivity index (χ0) is 14.8. The van der Waals surface area contributed by atoms with Gasteiger partial charge in [-0.25, -0.2) is 4.79 Å². The zero-order valence-electron chi connectivity index (χ0n) is 11.4. The topological polar surface area (TPSA) is 84.1 Å². The molecule has 0 fully saturated rings. The number of carbonyl (C=O) groups is 1. The van der Waals surface area contributed by atoms with Crippen LogP contribution in [0.3, 0.4) is 0 Å². The van der Waals surface area contributed by atoms with Crippen molar-refractivity contribution in [2.75, 3.05) is 5.32 Å². The third kappa shape index (κ3) is 3.92. The van der Waals surface area contributed by atoms with Gasteiger partial charge in [-0.3, -0.25) is 15.1 Å². The van der Waals surface area contributed by atoms with E-state index in [9.17, 15) is 9.59 Å². The monoisotopic (exact) mass is 293 g/mol. The van der Waals surface area contributed by atoms with Crippen molar-refractivity contribution in [1.82, 2.24) is 9.36 Å². The summed E-state index contributed by atoms with van der Waals surface area (Å²) in [7, 11) is 0. The Morgan fingerprint density at radius 3 is 2.45 bits per heavy atom. The number of ether oxygens (including phenoxy) is 1. The number of H-pyrrole nitrogens is 1. The van der Waals surface area contributed by atoms with Gasteiger partial charge in [-0.2, -0.15) is 4.37 Å². The molecule has 6 nitrogen and oxygen atoms in total. The van der Waals surface area contributed by atoms with Crippen LogP contribution in [-0.4, -0.2) is 21.1 Å². The minimum absolute atomic E-state index is 0.198. The van der Waals surface area contributed by atoms with Crippen LogP contribution < -0.4 is 10.2 Å². The largest absolute Gasteiger partial charge is 0.444 e. The molecule has 0 unspecified atom stereocenters. The summed E-state index contributed by atoms with van der Waals surface area (Å²) in [5.41, 5.74) is 0.850. The summed E-state index contributed by atoms with van der Waals surface area (Å²) in [5, 5.41) is 2.63. The first kappa shape index (κ1) is 14.3. The normalized spacial score (nSPS) is 11.2. The third-order valence-electron chi connectivity index (χ3n) is 2.24. The van der Waals surface area contributed by atoms with Gasteiger partial charge < -0.3 is 4.74 Å². The first-order valence-corrected chi connectivity index (χ1v) is 6.77. The van der Waals surface area contributed by atoms with E-state index < -0.39 is 11.7 Å². The lowest BCUT2D eigenvalue weighted by Crippen LogP contribution is -2.27. The minimum Gasteiger partial charge on any atom is -0.444 e. The molecule has 0 aliphatic heterocycles. The highest BCUT2D eigenvalue weighted by atomic mass is 32.1. The molecule has 0 spiro atoms. The van der Waals surface area contributed by atoms with Crippen molar-refractivity contribution in [3.63, 3.8) is 0 Å². The average Bonchev–Trinajstić information content (AvgIpc) is 2.74. The number of aromatic nitrogens is 2. The van der Waals surface area contributed by atoms with Crippen LogP contribution in [0.2, 0.25) is 0 Å². The predicted octanol–water partition coefficient (Wildman–Crippen LogP) is 2.85. The van der Waals surface area contributed by atoms with Crippen molar-refractivity contribution in [1.29, 1.82) is 0 Å². The molecule has 1 aromatic heterocycles. The van der Waals surface area contributed by atoms with E-state index in [1.807, 2.05) is 0 Å². The van der Waals surface area contributed by atoms with Crippen molar-refractivity contribution in [2.24, 2.45) is 0 Å². The van der Waals surface area contributed by atoms with Crippen LogP contribution in [0.1, 0.15) is 20.8 Å². The van der Waals surface area contributed by atoms with Crippen LogP contribution in [0.4, 0.5) is 10.5 Å². The van der Waals surface area contributed by atoms with Gasteiger partial charge in [0.25, 0.3) is 0 Å². The Labute approximate surface area is 120 Å². The SMILES string of the molecule is CC(C)(C)OC(=O)Nc1ccc(-c2nsc(=O)[nH]2)cc1. The fourth-order valence-electron chi connectivity index (χ4n) is 1.49. The number of carbonyl (C=O) groups excluding carboxylic acids is 1. The summed E-state index contributed by atoms with van der Waals surface area (Å²) in [6.07, 6.45) is -0.507. The molecule has 0 radical (unpaired) electrons. The lowest BCUT2D eigenvalue weighted by atomic mass is 10.2. The van der Waals surface area contributed by atoms with E-state index in [0.29, 0.717) is 11.5 Å². The second-order valence-corrected chi connectivity index (χ2v) is 5.88. The van der Waals surface area contributed by atoms with E-state index in [1.54, 1.807) is 45.0 Å². The average molecular weight is 293 g/mol. The van der Waals surface area contributed by atoms with Gasteiger partial charge >= 0.3 is 11.0 Å². The Balaban J connectivity index is 2.05. The van der Waals surface area contributed by atoms with Crippen LogP contribution in [0, 0.1) is 0 Å². The maximum atomic E-state index is 11.6. The Morgan fingerprint density at radius 1 is 1.30 bits per heavy atom. The molecular formula is C13H15N3O3S. The quantitative estimate of drug-likeness (QED) is 0.891. The maximum Gasteiger partial charge on any atom is 0.412 e. The maximum absolute atomic E-state index is 11.6. The zero-order valence-corrected chi connectivity index (χ0v) is 12.2. The first-order chi connectivity index (χ1) is 9.33. The van der Waals surface area contributed by atoms with Gasteiger partial charge in [0.15, 0.2) is 5.82 Å². The molecule has 0 saturated heterocycles. The highest BCUT2D eigenvalue weighted by Gasteiger charge is 2.16. The fourth-order valence-corrected chi connectivity index (χ4v) is 1.95. The fraction of sp³-hybridized carbons (Fsp3) is 0.308. The molecule has 0 bridgehead atoms. The molecule has 106 valence electrons. The Morgan fingerprint density at radius 2 is 1.95 bits per heavy atom. The van der Waals surface area contributed by atoms with Crippen LogP contribution in [-0.2, 0) is 4.74 Å². The highest BCUT2D eigenvalue weighted by molar-refractivity contribution is 7.03. The second kappa shape index (κ2) is 5.46. The van der Waals surface area contributed by atoms with Crippen molar-refractivity contribution < 1.29 is 9.53 Å². The van der Waals surface area contributed by atoms with E-state index in [4.69, 9.17) is 4.74 Å². The number of aromatic amines is 1. The highest BCUT2D eigenvalue weighted by Crippen LogP contribution is 2.18. The molecule has 7 heteroatoms. The van der Waals surface area contributed by atoms with Crippen molar-refractivity contribution >= 4 is 23.3 Å². The number of amides is 1. The third-order valence-corrected chi connectivity index (χ3v) is 2.79. The lowest BCUT2D eigenvalue weighted by Gasteiger charge is -2.19. The van der Waals surface area contributed by atoms with E-state index in [0.717, 1.165) is 17.1 Å². The van der Waals surface area contributed by atoms with Crippen molar-refractivity contribution in [3.05, 3.63) is 33.9 Å². The number of nitrogens with one attached hydrogen (secondary N) is 2. The first-order valence-electron chi connectivity index (χ1n) is 6.00. The Kier molecular flexibility index (Phi) is 3.89. The standard InChI is InChI=1S/C13H15N3O3S/c1-13(2,3)19-11(17)14-9-6-4-8(5-7-9)10-15-12(18)20-16-10/h4-7H,1-3H3,(H,14,17)(H,15,16,18). The molecule has 0 atom stereocenters. The van der Waals surface area contributed by atoms with Crippen LogP contribution >= 0.6 is 11.5 Å². The van der Waals surface area contributed by atoms with Crippen LogP contribution in [0.25, 0.3) is 11.4 Å². The van der Waals surface area contributed by atoms with E-state index in [-0.39, 0.29) is 4.87 Å². The second-order valence-electron chi connectivity index (χ2n) is 5.15. The summed E-state index contributed by atoms with van der Waals surface area (Å²) in [4.78, 5) is 25.1. The molecule has 2 N–H and O–H groups in total. The lowest BCUT2D eigenvalue weighted by molar-refractivity contribution is 0.0636. The number of hydrogen-bond acceptors (Lipinski definition) is 5. The molecule has 0 saturated carbocycles. The smallest absolute Gasteiger partial charge is 0.412 e. The number of anilines is 1. The number of nitrogens with zero attached hydrogens (tertiary/aromatic N) is 1. The molecule has 0 aliphatic carbocycles. The molecule has 1 heterocycles. The van der Waals surface area contributed by atoms with Crippen LogP contribution in [0.15, 0.2) is 29.1 Å².